The van der Waals surface area contributed by atoms with E-state index in [1.807, 2.05) is 13.8 Å². The average Bonchev–Trinajstić information content (AvgIpc) is 2.37. The lowest BCUT2D eigenvalue weighted by Crippen LogP contribution is -2.49. The Labute approximate surface area is 139 Å². The molecule has 2 aliphatic rings. The fraction of sp³-hybridized carbons (Fsp3) is 0.875. The van der Waals surface area contributed by atoms with E-state index >= 15 is 0 Å². The van der Waals surface area contributed by atoms with Crippen LogP contribution in [0.15, 0.2) is 0 Å². The number of hydrogen-bond donors (Lipinski definition) is 3. The van der Waals surface area contributed by atoms with E-state index in [1.54, 1.807) is 0 Å². The maximum Gasteiger partial charge on any atom is 0.223 e. The lowest BCUT2D eigenvalue weighted by molar-refractivity contribution is -0.128. The van der Waals surface area contributed by atoms with Crippen LogP contribution in [0.1, 0.15) is 52.4 Å². The summed E-state index contributed by atoms with van der Waals surface area (Å²) in [6.07, 6.45) is 5.77. The van der Waals surface area contributed by atoms with E-state index in [1.165, 1.54) is 6.42 Å². The van der Waals surface area contributed by atoms with Crippen LogP contribution in [0.4, 0.5) is 0 Å². The predicted molar refractivity (Wildman–Crippen MR) is 89.7 cm³/mol. The topological polar surface area (TPSA) is 84.2 Å². The van der Waals surface area contributed by atoms with Crippen LogP contribution >= 0.6 is 12.4 Å². The first kappa shape index (κ1) is 19.2. The zero-order chi connectivity index (χ0) is 15.4. The molecule has 2 saturated carbocycles. The van der Waals surface area contributed by atoms with Gasteiger partial charge in [0, 0.05) is 31.0 Å². The quantitative estimate of drug-likeness (QED) is 0.715. The van der Waals surface area contributed by atoms with Crippen LogP contribution in [-0.2, 0) is 9.59 Å². The summed E-state index contributed by atoms with van der Waals surface area (Å²) in [6, 6.07) is 0.437. The first-order valence-electron chi connectivity index (χ1n) is 8.30. The number of carbonyl (C=O) groups is 2. The molecule has 2 unspecified atom stereocenters. The molecule has 0 aromatic heterocycles. The van der Waals surface area contributed by atoms with Gasteiger partial charge in [-0.05, 0) is 51.4 Å². The van der Waals surface area contributed by atoms with Crippen molar-refractivity contribution in [3.63, 3.8) is 0 Å². The van der Waals surface area contributed by atoms with Gasteiger partial charge in [-0.15, -0.1) is 12.4 Å². The molecule has 2 fully saturated rings. The zero-order valence-corrected chi connectivity index (χ0v) is 14.5. The molecule has 2 amide bonds. The Balaban J connectivity index is 0.00000242. The molecule has 2 atom stereocenters. The first-order valence-corrected chi connectivity index (χ1v) is 8.30. The van der Waals surface area contributed by atoms with Crippen LogP contribution in [-0.4, -0.2) is 30.4 Å². The molecule has 2 bridgehead atoms. The smallest absolute Gasteiger partial charge is 0.223 e. The number of carbonyl (C=O) groups excluding carboxylic acids is 2. The van der Waals surface area contributed by atoms with Crippen molar-refractivity contribution in [1.29, 1.82) is 0 Å². The summed E-state index contributed by atoms with van der Waals surface area (Å²) in [7, 11) is 0. The summed E-state index contributed by atoms with van der Waals surface area (Å²) < 4.78 is 0. The summed E-state index contributed by atoms with van der Waals surface area (Å²) in [5.74, 6) is 1.22. The highest BCUT2D eigenvalue weighted by molar-refractivity contribution is 5.85. The molecule has 2 aliphatic carbocycles. The van der Waals surface area contributed by atoms with Crippen LogP contribution in [0.5, 0.6) is 0 Å². The molecular formula is C16H30ClN3O2. The summed E-state index contributed by atoms with van der Waals surface area (Å²) >= 11 is 0. The monoisotopic (exact) mass is 331 g/mol. The zero-order valence-electron chi connectivity index (χ0n) is 13.6. The Bertz CT molecular complexity index is 376. The largest absolute Gasteiger partial charge is 0.355 e. The van der Waals surface area contributed by atoms with Crippen LogP contribution < -0.4 is 16.4 Å². The molecule has 0 aromatic rings. The number of rotatable bonds is 5. The Hall–Kier alpha value is -0.810. The Morgan fingerprint density at radius 2 is 1.77 bits per heavy atom. The van der Waals surface area contributed by atoms with E-state index in [0.29, 0.717) is 30.8 Å². The van der Waals surface area contributed by atoms with Gasteiger partial charge in [-0.3, -0.25) is 9.59 Å². The Morgan fingerprint density at radius 3 is 2.32 bits per heavy atom. The number of nitrogens with two attached hydrogens (primary N) is 1. The minimum absolute atomic E-state index is 0. The van der Waals surface area contributed by atoms with Crippen LogP contribution in [0.3, 0.4) is 0 Å². The van der Waals surface area contributed by atoms with Crippen molar-refractivity contribution in [2.75, 3.05) is 6.54 Å². The van der Waals surface area contributed by atoms with Crippen molar-refractivity contribution in [2.24, 2.45) is 23.5 Å². The molecular weight excluding hydrogens is 302 g/mol. The number of nitrogens with one attached hydrogen (secondary N) is 2. The maximum absolute atomic E-state index is 12.3. The maximum atomic E-state index is 12.3. The predicted octanol–water partition coefficient (Wildman–Crippen LogP) is 1.59. The van der Waals surface area contributed by atoms with Gasteiger partial charge >= 0.3 is 0 Å². The van der Waals surface area contributed by atoms with Gasteiger partial charge < -0.3 is 16.4 Å². The molecule has 0 aromatic carbocycles. The van der Waals surface area contributed by atoms with Crippen molar-refractivity contribution in [1.82, 2.24) is 10.6 Å². The number of hydrogen-bond acceptors (Lipinski definition) is 3. The van der Waals surface area contributed by atoms with E-state index < -0.39 is 0 Å². The molecule has 0 aliphatic heterocycles. The summed E-state index contributed by atoms with van der Waals surface area (Å²) in [5, 5.41) is 5.75. The first-order chi connectivity index (χ1) is 9.97. The van der Waals surface area contributed by atoms with Crippen LogP contribution in [0, 0.1) is 17.8 Å². The highest BCUT2D eigenvalue weighted by atomic mass is 35.5. The average molecular weight is 332 g/mol. The summed E-state index contributed by atoms with van der Waals surface area (Å²) in [5.41, 5.74) is 6.25. The third-order valence-electron chi connectivity index (χ3n) is 4.88. The van der Waals surface area contributed by atoms with Crippen molar-refractivity contribution in [3.05, 3.63) is 0 Å². The lowest BCUT2D eigenvalue weighted by Gasteiger charge is -2.43. The minimum atomic E-state index is -0.00663. The van der Waals surface area contributed by atoms with E-state index in [9.17, 15) is 9.59 Å². The summed E-state index contributed by atoms with van der Waals surface area (Å²) in [4.78, 5) is 23.8. The van der Waals surface area contributed by atoms with E-state index in [-0.39, 0.29) is 36.2 Å². The van der Waals surface area contributed by atoms with Gasteiger partial charge in [0.25, 0.3) is 0 Å². The molecule has 0 radical (unpaired) electrons. The normalized spacial score (nSPS) is 30.4. The molecule has 0 heterocycles. The van der Waals surface area contributed by atoms with Crippen LogP contribution in [0.2, 0.25) is 0 Å². The van der Waals surface area contributed by atoms with Crippen molar-refractivity contribution >= 4 is 24.2 Å². The lowest BCUT2D eigenvalue weighted by atomic mass is 9.65. The highest BCUT2D eigenvalue weighted by Crippen LogP contribution is 2.41. The third-order valence-corrected chi connectivity index (χ3v) is 4.88. The second-order valence-electron chi connectivity index (χ2n) is 6.96. The standard InChI is InChI=1S/C16H29N3O2.ClH/c1-10(2)19-14(20)6-7-18-16(21)13-8-11-4-3-5-12(9-13)15(11)17;/h10-13,15H,3-9,17H2,1-2H3,(H,18,21)(H,19,20);1H. The van der Waals surface area contributed by atoms with Crippen molar-refractivity contribution < 1.29 is 9.59 Å². The molecule has 4 N–H and O–H groups in total. The second kappa shape index (κ2) is 8.73. The fourth-order valence-electron chi connectivity index (χ4n) is 3.84. The van der Waals surface area contributed by atoms with Gasteiger partial charge in [-0.2, -0.15) is 0 Å². The second-order valence-corrected chi connectivity index (χ2v) is 6.96. The molecule has 128 valence electrons. The van der Waals surface area contributed by atoms with Crippen molar-refractivity contribution in [2.45, 2.75) is 64.5 Å². The van der Waals surface area contributed by atoms with Gasteiger partial charge in [0.2, 0.25) is 11.8 Å². The van der Waals surface area contributed by atoms with Gasteiger partial charge in [-0.1, -0.05) is 6.42 Å². The van der Waals surface area contributed by atoms with Crippen LogP contribution in [0.25, 0.3) is 0 Å². The molecule has 22 heavy (non-hydrogen) atoms. The minimum Gasteiger partial charge on any atom is -0.355 e. The summed E-state index contributed by atoms with van der Waals surface area (Å²) in [6.45, 7) is 4.29. The Morgan fingerprint density at radius 1 is 1.18 bits per heavy atom. The molecule has 6 heteroatoms. The molecule has 5 nitrogen and oxygen atoms in total. The fourth-order valence-corrected chi connectivity index (χ4v) is 3.84. The van der Waals surface area contributed by atoms with Crippen molar-refractivity contribution in [3.8, 4) is 0 Å². The molecule has 0 spiro atoms. The van der Waals surface area contributed by atoms with E-state index in [0.717, 1.165) is 25.7 Å². The van der Waals surface area contributed by atoms with Gasteiger partial charge in [0.1, 0.15) is 0 Å². The Kier molecular flexibility index (Phi) is 7.63. The third kappa shape index (κ3) is 5.13. The number of halogens is 1. The molecule has 0 saturated heterocycles. The van der Waals surface area contributed by atoms with E-state index in [4.69, 9.17) is 5.73 Å². The highest BCUT2D eigenvalue weighted by Gasteiger charge is 2.40. The number of fused-ring (bicyclic) bond motifs is 2. The van der Waals surface area contributed by atoms with Gasteiger partial charge in [0.05, 0.1) is 0 Å². The molecule has 2 rings (SSSR count). The van der Waals surface area contributed by atoms with E-state index in [2.05, 4.69) is 10.6 Å². The SMILES string of the molecule is CC(C)NC(=O)CCNC(=O)C1CC2CCCC(C1)C2N.Cl. The van der Waals surface area contributed by atoms with Gasteiger partial charge in [0.15, 0.2) is 0 Å². The van der Waals surface area contributed by atoms with Gasteiger partial charge in [-0.25, -0.2) is 0 Å². The number of amides is 2.